The van der Waals surface area contributed by atoms with Gasteiger partial charge in [-0.3, -0.25) is 4.79 Å². The standard InChI is InChI=1S/C23H25NO/c25-23-21-18-13-7-12-17(14-19(18)21)24-22(23)20(15-8-3-1-4-9-15)16-10-5-2-6-11-16/h1-6,8-11,17-22,24H,7,12-14H2. The zero-order chi connectivity index (χ0) is 16.8. The van der Waals surface area contributed by atoms with E-state index >= 15 is 0 Å². The number of rotatable bonds is 3. The Labute approximate surface area is 149 Å². The van der Waals surface area contributed by atoms with E-state index in [1.807, 2.05) is 0 Å². The molecule has 3 fully saturated rings. The molecule has 2 nitrogen and oxygen atoms in total. The third-order valence-corrected chi connectivity index (χ3v) is 6.68. The molecule has 0 radical (unpaired) electrons. The van der Waals surface area contributed by atoms with Gasteiger partial charge in [0.15, 0.2) is 5.78 Å². The maximum Gasteiger partial charge on any atom is 0.154 e. The van der Waals surface area contributed by atoms with Crippen molar-refractivity contribution in [1.29, 1.82) is 0 Å². The Morgan fingerprint density at radius 1 is 0.840 bits per heavy atom. The van der Waals surface area contributed by atoms with Gasteiger partial charge >= 0.3 is 0 Å². The number of hydrogen-bond acceptors (Lipinski definition) is 2. The van der Waals surface area contributed by atoms with Gasteiger partial charge in [-0.05, 0) is 42.2 Å². The molecule has 5 unspecified atom stereocenters. The van der Waals surface area contributed by atoms with E-state index in [4.69, 9.17) is 0 Å². The van der Waals surface area contributed by atoms with Crippen LogP contribution in [0, 0.1) is 17.8 Å². The van der Waals surface area contributed by atoms with Crippen molar-refractivity contribution in [3.05, 3.63) is 71.8 Å². The summed E-state index contributed by atoms with van der Waals surface area (Å²) in [5, 5.41) is 3.80. The SMILES string of the molecule is O=C1C(C(c2ccccc2)c2ccccc2)NC2CCCC3C(C2)C13. The molecule has 1 heterocycles. The zero-order valence-corrected chi connectivity index (χ0v) is 14.5. The maximum absolute atomic E-state index is 13.5. The Kier molecular flexibility index (Phi) is 3.74. The van der Waals surface area contributed by atoms with Crippen molar-refractivity contribution in [2.75, 3.05) is 0 Å². The molecule has 0 amide bonds. The number of hydrogen-bond donors (Lipinski definition) is 1. The summed E-state index contributed by atoms with van der Waals surface area (Å²) in [6.45, 7) is 0. The lowest BCUT2D eigenvalue weighted by Gasteiger charge is -2.30. The number of Topliss-reactive ketones (excluding diaryl/α,β-unsaturated/α-hetero) is 1. The molecule has 1 saturated heterocycles. The van der Waals surface area contributed by atoms with Crippen LogP contribution in [0.2, 0.25) is 0 Å². The van der Waals surface area contributed by atoms with Crippen molar-refractivity contribution in [2.24, 2.45) is 17.8 Å². The highest BCUT2D eigenvalue weighted by molar-refractivity contribution is 5.91. The molecule has 2 aromatic rings. The topological polar surface area (TPSA) is 29.1 Å². The van der Waals surface area contributed by atoms with E-state index in [2.05, 4.69) is 66.0 Å². The second-order valence-corrected chi connectivity index (χ2v) is 8.06. The molecular formula is C23H25NO. The first-order valence-electron chi connectivity index (χ1n) is 9.72. The van der Waals surface area contributed by atoms with Crippen LogP contribution >= 0.6 is 0 Å². The molecular weight excluding hydrogens is 306 g/mol. The largest absolute Gasteiger partial charge is 0.304 e. The van der Waals surface area contributed by atoms with Gasteiger partial charge in [0.25, 0.3) is 0 Å². The molecule has 2 bridgehead atoms. The lowest BCUT2D eigenvalue weighted by atomic mass is 9.82. The predicted octanol–water partition coefficient (Wildman–Crippen LogP) is 4.16. The molecule has 0 spiro atoms. The maximum atomic E-state index is 13.5. The summed E-state index contributed by atoms with van der Waals surface area (Å²) in [4.78, 5) is 13.5. The molecule has 2 aromatic carbocycles. The molecule has 3 aliphatic rings. The molecule has 5 atom stereocenters. The minimum atomic E-state index is -0.0899. The van der Waals surface area contributed by atoms with Crippen molar-refractivity contribution < 1.29 is 4.79 Å². The first-order valence-corrected chi connectivity index (χ1v) is 9.72. The van der Waals surface area contributed by atoms with Crippen LogP contribution in [0.25, 0.3) is 0 Å². The molecule has 1 aliphatic heterocycles. The van der Waals surface area contributed by atoms with E-state index in [1.165, 1.54) is 36.8 Å². The monoisotopic (exact) mass is 331 g/mol. The van der Waals surface area contributed by atoms with Gasteiger partial charge in [-0.25, -0.2) is 0 Å². The average molecular weight is 331 g/mol. The van der Waals surface area contributed by atoms with Crippen LogP contribution in [0.5, 0.6) is 0 Å². The quantitative estimate of drug-likeness (QED) is 0.915. The van der Waals surface area contributed by atoms with Gasteiger partial charge in [-0.1, -0.05) is 67.1 Å². The van der Waals surface area contributed by atoms with Gasteiger partial charge in [0.1, 0.15) is 0 Å². The first kappa shape index (κ1) is 15.3. The molecule has 2 saturated carbocycles. The van der Waals surface area contributed by atoms with Crippen LogP contribution in [0.15, 0.2) is 60.7 Å². The molecule has 1 N–H and O–H groups in total. The van der Waals surface area contributed by atoms with Gasteiger partial charge in [-0.15, -0.1) is 0 Å². The summed E-state index contributed by atoms with van der Waals surface area (Å²) in [5.41, 5.74) is 2.49. The van der Waals surface area contributed by atoms with E-state index in [1.54, 1.807) is 0 Å². The fourth-order valence-corrected chi connectivity index (χ4v) is 5.48. The second kappa shape index (κ2) is 6.10. The molecule has 128 valence electrons. The smallest absolute Gasteiger partial charge is 0.154 e. The Balaban J connectivity index is 1.58. The lowest BCUT2D eigenvalue weighted by molar-refractivity contribution is -0.122. The van der Waals surface area contributed by atoms with E-state index < -0.39 is 0 Å². The van der Waals surface area contributed by atoms with E-state index in [0.717, 1.165) is 0 Å². The van der Waals surface area contributed by atoms with E-state index in [9.17, 15) is 4.79 Å². The van der Waals surface area contributed by atoms with Crippen LogP contribution < -0.4 is 5.32 Å². The van der Waals surface area contributed by atoms with Gasteiger partial charge in [0.2, 0.25) is 0 Å². The van der Waals surface area contributed by atoms with Crippen LogP contribution in [0.3, 0.4) is 0 Å². The minimum Gasteiger partial charge on any atom is -0.304 e. The number of ketones is 1. The van der Waals surface area contributed by atoms with Gasteiger partial charge in [0.05, 0.1) is 6.04 Å². The van der Waals surface area contributed by atoms with Gasteiger partial charge < -0.3 is 5.32 Å². The number of fused-ring (bicyclic) bond motifs is 2. The number of nitrogens with one attached hydrogen (secondary N) is 1. The highest BCUT2D eigenvalue weighted by Crippen LogP contribution is 2.57. The Morgan fingerprint density at radius 3 is 2.12 bits per heavy atom. The molecule has 2 heteroatoms. The fraction of sp³-hybridized carbons (Fsp3) is 0.435. The third-order valence-electron chi connectivity index (χ3n) is 6.68. The van der Waals surface area contributed by atoms with Gasteiger partial charge in [-0.2, -0.15) is 0 Å². The molecule has 5 rings (SSSR count). The summed E-state index contributed by atoms with van der Waals surface area (Å²) in [6, 6.07) is 21.6. The molecule has 2 aliphatic carbocycles. The van der Waals surface area contributed by atoms with E-state index in [0.29, 0.717) is 29.6 Å². The van der Waals surface area contributed by atoms with Crippen LogP contribution in [-0.2, 0) is 4.79 Å². The van der Waals surface area contributed by atoms with Crippen molar-refractivity contribution in [3.8, 4) is 0 Å². The Morgan fingerprint density at radius 2 is 1.48 bits per heavy atom. The average Bonchev–Trinajstić information content (AvgIpc) is 3.37. The van der Waals surface area contributed by atoms with Crippen molar-refractivity contribution >= 4 is 5.78 Å². The minimum absolute atomic E-state index is 0.0899. The summed E-state index contributed by atoms with van der Waals surface area (Å²) < 4.78 is 0. The predicted molar refractivity (Wildman–Crippen MR) is 99.4 cm³/mol. The highest BCUT2D eigenvalue weighted by atomic mass is 16.1. The summed E-state index contributed by atoms with van der Waals surface area (Å²) in [7, 11) is 0. The Bertz CT molecular complexity index is 717. The normalized spacial score (nSPS) is 33.6. The van der Waals surface area contributed by atoms with Crippen LogP contribution in [-0.4, -0.2) is 17.9 Å². The molecule has 25 heavy (non-hydrogen) atoms. The third kappa shape index (κ3) is 2.64. The van der Waals surface area contributed by atoms with E-state index in [-0.39, 0.29) is 12.0 Å². The second-order valence-electron chi connectivity index (χ2n) is 8.06. The van der Waals surface area contributed by atoms with Crippen molar-refractivity contribution in [1.82, 2.24) is 5.32 Å². The summed E-state index contributed by atoms with van der Waals surface area (Å²) in [6.07, 6.45) is 4.96. The van der Waals surface area contributed by atoms with Crippen LogP contribution in [0.4, 0.5) is 0 Å². The van der Waals surface area contributed by atoms with Crippen molar-refractivity contribution in [3.63, 3.8) is 0 Å². The van der Waals surface area contributed by atoms with Gasteiger partial charge in [0, 0.05) is 17.9 Å². The number of carbonyl (C=O) groups excluding carboxylic acids is 1. The highest BCUT2D eigenvalue weighted by Gasteiger charge is 2.59. The fourth-order valence-electron chi connectivity index (χ4n) is 5.48. The molecule has 0 aromatic heterocycles. The van der Waals surface area contributed by atoms with Crippen molar-refractivity contribution in [2.45, 2.75) is 43.7 Å². The summed E-state index contributed by atoms with van der Waals surface area (Å²) in [5.74, 6) is 2.23. The Hall–Kier alpha value is -1.93. The number of carbonyl (C=O) groups is 1. The summed E-state index contributed by atoms with van der Waals surface area (Å²) >= 11 is 0. The number of benzene rings is 2. The lowest BCUT2D eigenvalue weighted by Crippen LogP contribution is -2.46. The first-order chi connectivity index (χ1) is 12.3. The van der Waals surface area contributed by atoms with Crippen LogP contribution in [0.1, 0.15) is 42.7 Å². The zero-order valence-electron chi connectivity index (χ0n) is 14.5.